The van der Waals surface area contributed by atoms with Gasteiger partial charge in [0.15, 0.2) is 11.5 Å². The van der Waals surface area contributed by atoms with Crippen molar-refractivity contribution in [1.29, 1.82) is 5.26 Å². The summed E-state index contributed by atoms with van der Waals surface area (Å²) in [5, 5.41) is 22.5. The Labute approximate surface area is 194 Å². The van der Waals surface area contributed by atoms with Crippen LogP contribution in [0, 0.1) is 17.1 Å². The summed E-state index contributed by atoms with van der Waals surface area (Å²) in [7, 11) is 1.69. The molecule has 0 radical (unpaired) electrons. The molecule has 0 amide bonds. The van der Waals surface area contributed by atoms with Crippen LogP contribution in [0.15, 0.2) is 57.9 Å². The van der Waals surface area contributed by atoms with E-state index in [2.05, 4.69) is 31.6 Å². The first-order valence-corrected chi connectivity index (χ1v) is 11.4. The highest BCUT2D eigenvalue weighted by atomic mass is 32.2. The highest BCUT2D eigenvalue weighted by Gasteiger charge is 2.21. The Hall–Kier alpha value is -3.55. The van der Waals surface area contributed by atoms with Gasteiger partial charge in [-0.05, 0) is 37.6 Å². The number of aromatic nitrogens is 5. The van der Waals surface area contributed by atoms with E-state index >= 15 is 0 Å². The number of piperidine rings is 1. The maximum Gasteiger partial charge on any atom is 0.170 e. The summed E-state index contributed by atoms with van der Waals surface area (Å²) in [5.74, 6) is -0.397. The van der Waals surface area contributed by atoms with E-state index in [-0.39, 0.29) is 11.1 Å². The van der Waals surface area contributed by atoms with Gasteiger partial charge in [0.05, 0.1) is 17.8 Å². The van der Waals surface area contributed by atoms with Crippen molar-refractivity contribution in [1.82, 2.24) is 29.7 Å². The van der Waals surface area contributed by atoms with Crippen LogP contribution in [-0.2, 0) is 0 Å². The summed E-state index contributed by atoms with van der Waals surface area (Å²) in [6, 6.07) is 7.31. The zero-order valence-corrected chi connectivity index (χ0v) is 18.8. The first-order chi connectivity index (χ1) is 16.2. The Kier molecular flexibility index (Phi) is 5.90. The molecule has 5 rings (SSSR count). The van der Waals surface area contributed by atoms with Crippen molar-refractivity contribution in [3.8, 4) is 17.2 Å². The summed E-state index contributed by atoms with van der Waals surface area (Å²) >= 11 is 1.22. The lowest BCUT2D eigenvalue weighted by atomic mass is 10.1. The van der Waals surface area contributed by atoms with Gasteiger partial charge >= 0.3 is 0 Å². The molecule has 0 aliphatic carbocycles. The molecule has 0 aromatic carbocycles. The predicted molar refractivity (Wildman–Crippen MR) is 124 cm³/mol. The fourth-order valence-corrected chi connectivity index (χ4v) is 5.03. The molecule has 0 saturated carbocycles. The molecule has 4 aromatic heterocycles. The van der Waals surface area contributed by atoms with Crippen LogP contribution in [0.4, 0.5) is 4.39 Å². The minimum Gasteiger partial charge on any atom is -0.315 e. The lowest BCUT2D eigenvalue weighted by Crippen LogP contribution is -2.31. The topological polar surface area (TPSA) is 96.2 Å². The third kappa shape index (κ3) is 4.13. The zero-order chi connectivity index (χ0) is 22.8. The van der Waals surface area contributed by atoms with Crippen LogP contribution in [0.3, 0.4) is 0 Å². The summed E-state index contributed by atoms with van der Waals surface area (Å²) in [6.07, 6.45) is 10.9. The van der Waals surface area contributed by atoms with Crippen LogP contribution in [0.25, 0.3) is 16.6 Å². The number of hydrogen-bond donors (Lipinski definition) is 1. The average molecular weight is 461 g/mol. The van der Waals surface area contributed by atoms with E-state index in [0.717, 1.165) is 53.0 Å². The third-order valence-electron chi connectivity index (χ3n) is 5.60. The molecule has 4 aromatic rings. The van der Waals surface area contributed by atoms with Crippen molar-refractivity contribution in [2.24, 2.45) is 4.99 Å². The number of pyridine rings is 2. The van der Waals surface area contributed by atoms with Crippen LogP contribution in [0.1, 0.15) is 30.1 Å². The zero-order valence-electron chi connectivity index (χ0n) is 17.9. The van der Waals surface area contributed by atoms with E-state index in [1.165, 1.54) is 17.8 Å². The number of nitriles is 1. The Morgan fingerprint density at radius 3 is 3.06 bits per heavy atom. The quantitative estimate of drug-likeness (QED) is 0.456. The SMILES string of the molecule is CN=Cc1cnn2cc(-c3cn([C@H]4CCCNC4)nc3C#N)cc(Sc3ncccc3F)c12. The molecule has 0 bridgehead atoms. The van der Waals surface area contributed by atoms with Gasteiger partial charge in [0.25, 0.3) is 0 Å². The monoisotopic (exact) mass is 460 g/mol. The molecule has 8 nitrogen and oxygen atoms in total. The standard InChI is InChI=1S/C23H21FN8S/c1-26-10-16-11-29-32-13-15(8-21(22(16)32)33-23-19(24)5-3-7-28-23)18-14-31(30-20(18)9-25)17-4-2-6-27-12-17/h3,5,7-8,10-11,13-14,17,27H,2,4,6,12H2,1H3/t17-/m0/s1. The van der Waals surface area contributed by atoms with Crippen LogP contribution in [-0.4, -0.2) is 50.7 Å². The van der Waals surface area contributed by atoms with Gasteiger partial charge in [0, 0.05) is 60.0 Å². The van der Waals surface area contributed by atoms with Crippen molar-refractivity contribution in [2.45, 2.75) is 28.8 Å². The first kappa shape index (κ1) is 21.3. The molecule has 1 fully saturated rings. The fourth-order valence-electron chi connectivity index (χ4n) is 4.05. The van der Waals surface area contributed by atoms with Gasteiger partial charge < -0.3 is 5.32 Å². The maximum absolute atomic E-state index is 14.4. The highest BCUT2D eigenvalue weighted by molar-refractivity contribution is 7.99. The Balaban J connectivity index is 1.65. The second-order valence-corrected chi connectivity index (χ2v) is 8.78. The van der Waals surface area contributed by atoms with Crippen molar-refractivity contribution in [3.05, 3.63) is 60.1 Å². The van der Waals surface area contributed by atoms with E-state index in [4.69, 9.17) is 0 Å². The van der Waals surface area contributed by atoms with Crippen molar-refractivity contribution in [3.63, 3.8) is 0 Å². The van der Waals surface area contributed by atoms with Crippen LogP contribution in [0.2, 0.25) is 0 Å². The number of rotatable bonds is 5. The molecular weight excluding hydrogens is 439 g/mol. The number of hydrogen-bond acceptors (Lipinski definition) is 7. The second kappa shape index (κ2) is 9.13. The number of nitrogens with zero attached hydrogens (tertiary/aromatic N) is 7. The van der Waals surface area contributed by atoms with Gasteiger partial charge in [-0.2, -0.15) is 15.5 Å². The number of aliphatic imine (C=N–C) groups is 1. The Bertz CT molecular complexity index is 1380. The molecule has 1 N–H and O–H groups in total. The molecular formula is C23H21FN8S. The van der Waals surface area contributed by atoms with Gasteiger partial charge in [-0.3, -0.25) is 9.67 Å². The first-order valence-electron chi connectivity index (χ1n) is 10.6. The lowest BCUT2D eigenvalue weighted by Gasteiger charge is -2.22. The van der Waals surface area contributed by atoms with E-state index in [1.54, 1.807) is 36.2 Å². The van der Waals surface area contributed by atoms with Gasteiger partial charge in [0.1, 0.15) is 11.1 Å². The van der Waals surface area contributed by atoms with Crippen LogP contribution in [0.5, 0.6) is 0 Å². The molecule has 1 atom stereocenters. The van der Waals surface area contributed by atoms with Gasteiger partial charge in [-0.15, -0.1) is 0 Å². The number of nitrogens with one attached hydrogen (secondary N) is 1. The molecule has 10 heteroatoms. The van der Waals surface area contributed by atoms with Crippen molar-refractivity contribution < 1.29 is 4.39 Å². The number of fused-ring (bicyclic) bond motifs is 1. The van der Waals surface area contributed by atoms with Crippen LogP contribution < -0.4 is 5.32 Å². The molecule has 1 aliphatic rings. The largest absolute Gasteiger partial charge is 0.315 e. The smallest absolute Gasteiger partial charge is 0.170 e. The molecule has 1 saturated heterocycles. The molecule has 33 heavy (non-hydrogen) atoms. The van der Waals surface area contributed by atoms with Crippen LogP contribution >= 0.6 is 11.8 Å². The van der Waals surface area contributed by atoms with E-state index in [0.29, 0.717) is 5.69 Å². The Morgan fingerprint density at radius 2 is 2.30 bits per heavy atom. The maximum atomic E-state index is 14.4. The van der Waals surface area contributed by atoms with Gasteiger partial charge in [-0.1, -0.05) is 11.8 Å². The van der Waals surface area contributed by atoms with Gasteiger partial charge in [0.2, 0.25) is 0 Å². The fraction of sp³-hybridized carbons (Fsp3) is 0.261. The molecule has 166 valence electrons. The lowest BCUT2D eigenvalue weighted by molar-refractivity contribution is 0.346. The normalized spacial score (nSPS) is 16.5. The minimum absolute atomic E-state index is 0.205. The molecule has 0 unspecified atom stereocenters. The summed E-state index contributed by atoms with van der Waals surface area (Å²) in [4.78, 5) is 9.07. The van der Waals surface area contributed by atoms with E-state index in [1.807, 2.05) is 23.1 Å². The Morgan fingerprint density at radius 1 is 1.39 bits per heavy atom. The summed E-state index contributed by atoms with van der Waals surface area (Å²) < 4.78 is 18.0. The molecule has 5 heterocycles. The predicted octanol–water partition coefficient (Wildman–Crippen LogP) is 3.73. The molecule has 0 spiro atoms. The second-order valence-electron chi connectivity index (χ2n) is 7.75. The minimum atomic E-state index is -0.397. The third-order valence-corrected chi connectivity index (χ3v) is 6.62. The van der Waals surface area contributed by atoms with Gasteiger partial charge in [-0.25, -0.2) is 13.9 Å². The summed E-state index contributed by atoms with van der Waals surface area (Å²) in [5.41, 5.74) is 3.45. The number of halogens is 1. The van der Waals surface area contributed by atoms with Crippen molar-refractivity contribution >= 4 is 23.5 Å². The summed E-state index contributed by atoms with van der Waals surface area (Å²) in [6.45, 7) is 1.82. The molecule has 1 aliphatic heterocycles. The van der Waals surface area contributed by atoms with E-state index < -0.39 is 5.82 Å². The highest BCUT2D eigenvalue weighted by Crippen LogP contribution is 2.36. The van der Waals surface area contributed by atoms with E-state index in [9.17, 15) is 9.65 Å². The van der Waals surface area contributed by atoms with Crippen molar-refractivity contribution in [2.75, 3.05) is 20.1 Å². The average Bonchev–Trinajstić information content (AvgIpc) is 3.46.